The zero-order valence-electron chi connectivity index (χ0n) is 18.8. The summed E-state index contributed by atoms with van der Waals surface area (Å²) in [6, 6.07) is 19.4. The van der Waals surface area contributed by atoms with E-state index in [1.807, 2.05) is 49.4 Å². The molecule has 5 nitrogen and oxygen atoms in total. The van der Waals surface area contributed by atoms with Gasteiger partial charge in [0.25, 0.3) is 0 Å². The van der Waals surface area contributed by atoms with Gasteiger partial charge in [0.05, 0.1) is 10.3 Å². The van der Waals surface area contributed by atoms with Gasteiger partial charge in [-0.1, -0.05) is 36.4 Å². The molecule has 3 aromatic carbocycles. The van der Waals surface area contributed by atoms with E-state index in [-0.39, 0.29) is 12.6 Å². The summed E-state index contributed by atoms with van der Waals surface area (Å²) in [5.41, 5.74) is 4.68. The lowest BCUT2D eigenvalue weighted by atomic mass is 9.86. The van der Waals surface area contributed by atoms with Crippen LogP contribution in [0.1, 0.15) is 36.5 Å². The second kappa shape index (κ2) is 8.20. The van der Waals surface area contributed by atoms with Gasteiger partial charge in [-0.05, 0) is 78.8 Å². The molecular formula is C27H28O5S. The molecule has 1 aliphatic carbocycles. The first kappa shape index (κ1) is 22.0. The van der Waals surface area contributed by atoms with Crippen LogP contribution >= 0.6 is 10.6 Å². The number of carbonyl (C=O) groups excluding carboxylic acids is 1. The van der Waals surface area contributed by atoms with E-state index in [4.69, 9.17) is 9.47 Å². The fourth-order valence-corrected chi connectivity index (χ4v) is 5.37. The Kier molecular flexibility index (Phi) is 5.47. The van der Waals surface area contributed by atoms with Crippen molar-refractivity contribution in [3.8, 4) is 22.6 Å². The molecule has 0 radical (unpaired) electrons. The molecule has 2 aliphatic rings. The Morgan fingerprint density at radius 3 is 2.33 bits per heavy atom. The van der Waals surface area contributed by atoms with Crippen molar-refractivity contribution in [2.24, 2.45) is 0 Å². The van der Waals surface area contributed by atoms with Gasteiger partial charge in [-0.3, -0.25) is 13.9 Å². The lowest BCUT2D eigenvalue weighted by Crippen LogP contribution is -2.22. The van der Waals surface area contributed by atoms with Gasteiger partial charge in [-0.2, -0.15) is 10.6 Å². The smallest absolute Gasteiger partial charge is 0.231 e. The van der Waals surface area contributed by atoms with E-state index in [0.29, 0.717) is 22.8 Å². The van der Waals surface area contributed by atoms with Gasteiger partial charge in [0.15, 0.2) is 11.5 Å². The van der Waals surface area contributed by atoms with Crippen molar-refractivity contribution in [1.82, 2.24) is 0 Å². The lowest BCUT2D eigenvalue weighted by molar-refractivity contribution is -0.120. The van der Waals surface area contributed by atoms with Crippen LogP contribution in [0.2, 0.25) is 0 Å². The summed E-state index contributed by atoms with van der Waals surface area (Å²) in [5, 5.41) is 0. The Labute approximate surface area is 195 Å². The van der Waals surface area contributed by atoms with Gasteiger partial charge in [0.2, 0.25) is 6.79 Å². The number of ether oxygens (including phenoxy) is 2. The Morgan fingerprint density at radius 1 is 0.939 bits per heavy atom. The normalized spacial score (nSPS) is 16.5. The average molecular weight is 465 g/mol. The highest BCUT2D eigenvalue weighted by Gasteiger charge is 2.50. The van der Waals surface area contributed by atoms with Crippen molar-refractivity contribution in [2.75, 3.05) is 12.5 Å². The van der Waals surface area contributed by atoms with Crippen LogP contribution < -0.4 is 9.47 Å². The standard InChI is InChI=1S/C27H28O5S/c1-3-33(29,30)23-9-6-19(7-10-23)20-5-4-18(2)21(14-20)15-26(28)27(12-13-27)22-8-11-24-25(16-22)32-17-31-24/h4-11,14,16,29-30H,3,12-13,15,17H2,1-2H3. The van der Waals surface area contributed by atoms with E-state index in [9.17, 15) is 13.9 Å². The third-order valence-corrected chi connectivity index (χ3v) is 8.71. The number of rotatable bonds is 7. The van der Waals surface area contributed by atoms with Crippen LogP contribution in [0.3, 0.4) is 0 Å². The third-order valence-electron chi connectivity index (χ3n) is 6.88. The van der Waals surface area contributed by atoms with E-state index in [1.165, 1.54) is 0 Å². The van der Waals surface area contributed by atoms with Gasteiger partial charge >= 0.3 is 0 Å². The quantitative estimate of drug-likeness (QED) is 0.425. The number of ketones is 1. The number of hydrogen-bond acceptors (Lipinski definition) is 5. The summed E-state index contributed by atoms with van der Waals surface area (Å²) in [5.74, 6) is 1.98. The maximum Gasteiger partial charge on any atom is 0.231 e. The van der Waals surface area contributed by atoms with E-state index in [1.54, 1.807) is 19.1 Å². The summed E-state index contributed by atoms with van der Waals surface area (Å²) in [7, 11) is -2.73. The van der Waals surface area contributed by atoms with Crippen LogP contribution in [0.5, 0.6) is 11.5 Å². The number of fused-ring (bicyclic) bond motifs is 1. The number of hydrogen-bond donors (Lipinski definition) is 2. The molecular weight excluding hydrogens is 436 g/mol. The molecule has 1 saturated carbocycles. The first-order valence-electron chi connectivity index (χ1n) is 11.2. The van der Waals surface area contributed by atoms with Crippen molar-refractivity contribution in [3.63, 3.8) is 0 Å². The summed E-state index contributed by atoms with van der Waals surface area (Å²) in [6.07, 6.45) is 2.09. The second-order valence-corrected chi connectivity index (χ2v) is 11.3. The van der Waals surface area contributed by atoms with Crippen molar-refractivity contribution in [3.05, 3.63) is 77.4 Å². The average Bonchev–Trinajstić information content (AvgIpc) is 3.51. The lowest BCUT2D eigenvalue weighted by Gasteiger charge is -2.30. The fraction of sp³-hybridized carbons (Fsp3) is 0.296. The number of carbonyl (C=O) groups is 1. The van der Waals surface area contributed by atoms with Crippen molar-refractivity contribution in [1.29, 1.82) is 0 Å². The minimum Gasteiger partial charge on any atom is -0.454 e. The molecule has 0 saturated heterocycles. The molecule has 1 aliphatic heterocycles. The SMILES string of the molecule is CCS(O)(O)c1ccc(-c2ccc(C)c(CC(=O)C3(c4ccc5c(c4)OCO5)CC3)c2)cc1. The topological polar surface area (TPSA) is 76.0 Å². The van der Waals surface area contributed by atoms with Crippen molar-refractivity contribution in [2.45, 2.75) is 43.4 Å². The molecule has 33 heavy (non-hydrogen) atoms. The van der Waals surface area contributed by atoms with E-state index in [2.05, 4.69) is 6.07 Å². The summed E-state index contributed by atoms with van der Waals surface area (Å²) in [4.78, 5) is 14.0. The molecule has 2 N–H and O–H groups in total. The molecule has 0 spiro atoms. The maximum absolute atomic E-state index is 13.5. The Morgan fingerprint density at radius 2 is 1.64 bits per heavy atom. The Bertz CT molecular complexity index is 1210. The third kappa shape index (κ3) is 4.03. The molecule has 6 heteroatoms. The first-order valence-corrected chi connectivity index (χ1v) is 12.9. The van der Waals surface area contributed by atoms with Crippen LogP contribution in [0.15, 0.2) is 65.6 Å². The second-order valence-electron chi connectivity index (χ2n) is 8.87. The van der Waals surface area contributed by atoms with Crippen LogP contribution in [0.4, 0.5) is 0 Å². The summed E-state index contributed by atoms with van der Waals surface area (Å²) >= 11 is 0. The maximum atomic E-state index is 13.5. The predicted molar refractivity (Wildman–Crippen MR) is 130 cm³/mol. The highest BCUT2D eigenvalue weighted by atomic mass is 32.3. The highest BCUT2D eigenvalue weighted by molar-refractivity contribution is 8.24. The molecule has 0 aromatic heterocycles. The largest absolute Gasteiger partial charge is 0.454 e. The van der Waals surface area contributed by atoms with Crippen LogP contribution in [0.25, 0.3) is 11.1 Å². The minimum absolute atomic E-state index is 0.226. The first-order chi connectivity index (χ1) is 15.8. The number of aryl methyl sites for hydroxylation is 1. The monoisotopic (exact) mass is 464 g/mol. The van der Waals surface area contributed by atoms with E-state index in [0.717, 1.165) is 46.4 Å². The van der Waals surface area contributed by atoms with Crippen LogP contribution in [-0.2, 0) is 16.6 Å². The fourth-order valence-electron chi connectivity index (χ4n) is 4.46. The zero-order chi connectivity index (χ0) is 23.2. The van der Waals surface area contributed by atoms with Gasteiger partial charge in [0.1, 0.15) is 5.78 Å². The predicted octanol–water partition coefficient (Wildman–Crippen LogP) is 6.36. The van der Waals surface area contributed by atoms with Gasteiger partial charge in [0, 0.05) is 12.2 Å². The molecule has 0 amide bonds. The number of Topliss-reactive ketones (excluding diaryl/α,β-unsaturated/α-hetero) is 1. The van der Waals surface area contributed by atoms with Crippen LogP contribution in [-0.4, -0.2) is 27.4 Å². The zero-order valence-corrected chi connectivity index (χ0v) is 19.7. The summed E-state index contributed by atoms with van der Waals surface area (Å²) < 4.78 is 31.2. The molecule has 172 valence electrons. The molecule has 1 fully saturated rings. The van der Waals surface area contributed by atoms with E-state index >= 15 is 0 Å². The van der Waals surface area contributed by atoms with E-state index < -0.39 is 16.0 Å². The van der Waals surface area contributed by atoms with Gasteiger partial charge < -0.3 is 9.47 Å². The molecule has 1 heterocycles. The molecule has 0 atom stereocenters. The molecule has 0 unspecified atom stereocenters. The van der Waals surface area contributed by atoms with Gasteiger partial charge in [-0.25, -0.2) is 0 Å². The molecule has 0 bridgehead atoms. The van der Waals surface area contributed by atoms with Crippen molar-refractivity contribution < 1.29 is 23.4 Å². The Balaban J connectivity index is 1.38. The van der Waals surface area contributed by atoms with Crippen LogP contribution in [0, 0.1) is 6.92 Å². The molecule has 3 aromatic rings. The highest BCUT2D eigenvalue weighted by Crippen LogP contribution is 2.52. The minimum atomic E-state index is -2.73. The summed E-state index contributed by atoms with van der Waals surface area (Å²) in [6.45, 7) is 4.03. The van der Waals surface area contributed by atoms with Gasteiger partial charge in [-0.15, -0.1) is 0 Å². The molecule has 5 rings (SSSR count). The van der Waals surface area contributed by atoms with Crippen molar-refractivity contribution >= 4 is 16.4 Å². The number of benzene rings is 3. The Hall–Kier alpha value is -2.80.